The van der Waals surface area contributed by atoms with Gasteiger partial charge < -0.3 is 15.0 Å². The number of anilines is 2. The molecule has 3 aromatic rings. The highest BCUT2D eigenvalue weighted by atomic mass is 35.5. The molecule has 0 atom stereocenters. The highest BCUT2D eigenvalue weighted by Crippen LogP contribution is 2.22. The number of nitrogens with one attached hydrogen (secondary N) is 1. The first kappa shape index (κ1) is 18.7. The maximum Gasteiger partial charge on any atom is 0.175 e. The molecule has 2 aromatic heterocycles. The summed E-state index contributed by atoms with van der Waals surface area (Å²) < 4.78 is 7.46. The Balaban J connectivity index is 1.53. The Labute approximate surface area is 168 Å². The van der Waals surface area contributed by atoms with Crippen molar-refractivity contribution < 1.29 is 4.74 Å². The van der Waals surface area contributed by atoms with E-state index < -0.39 is 0 Å². The first-order chi connectivity index (χ1) is 13.7. The van der Waals surface area contributed by atoms with E-state index in [1.54, 1.807) is 4.52 Å². The summed E-state index contributed by atoms with van der Waals surface area (Å²) in [6.45, 7) is 4.29. The maximum atomic E-state index is 9.35. The fraction of sp³-hybridized carbons (Fsp3) is 0.350. The number of halogens is 1. The van der Waals surface area contributed by atoms with Crippen LogP contribution in [-0.2, 0) is 11.3 Å². The normalized spacial score (nSPS) is 14.4. The van der Waals surface area contributed by atoms with Crippen molar-refractivity contribution in [2.75, 3.05) is 31.6 Å². The molecule has 1 saturated heterocycles. The van der Waals surface area contributed by atoms with E-state index in [4.69, 9.17) is 16.3 Å². The minimum atomic E-state index is 0.380. The van der Waals surface area contributed by atoms with Gasteiger partial charge in [-0.05, 0) is 44.1 Å². The van der Waals surface area contributed by atoms with Crippen LogP contribution in [-0.4, -0.2) is 45.7 Å². The molecule has 0 aliphatic carbocycles. The minimum absolute atomic E-state index is 0.380. The lowest BCUT2D eigenvalue weighted by Crippen LogP contribution is -2.24. The summed E-state index contributed by atoms with van der Waals surface area (Å²) in [4.78, 5) is 6.98. The molecular weight excluding hydrogens is 376 g/mol. The van der Waals surface area contributed by atoms with Crippen LogP contribution >= 0.6 is 11.6 Å². The molecular formula is C20H21ClN6O. The van der Waals surface area contributed by atoms with Crippen molar-refractivity contribution in [2.24, 2.45) is 0 Å². The van der Waals surface area contributed by atoms with Crippen molar-refractivity contribution in [3.8, 4) is 6.07 Å². The third-order valence-corrected chi connectivity index (χ3v) is 4.98. The maximum absolute atomic E-state index is 9.35. The van der Waals surface area contributed by atoms with E-state index >= 15 is 0 Å². The molecule has 1 fully saturated rings. The molecule has 0 saturated carbocycles. The predicted molar refractivity (Wildman–Crippen MR) is 108 cm³/mol. The van der Waals surface area contributed by atoms with Gasteiger partial charge in [0.2, 0.25) is 0 Å². The SMILES string of the molecule is N#Cc1cnn2c(Nc3cccc(Cl)c3)cc(COCCN3CCCC3)nc12. The van der Waals surface area contributed by atoms with E-state index in [1.807, 2.05) is 30.3 Å². The van der Waals surface area contributed by atoms with Crippen LogP contribution in [0.2, 0.25) is 5.02 Å². The topological polar surface area (TPSA) is 78.5 Å². The average Bonchev–Trinajstić information content (AvgIpc) is 3.35. The van der Waals surface area contributed by atoms with E-state index in [0.29, 0.717) is 35.3 Å². The fourth-order valence-corrected chi connectivity index (χ4v) is 3.54. The molecule has 144 valence electrons. The lowest BCUT2D eigenvalue weighted by atomic mass is 10.3. The largest absolute Gasteiger partial charge is 0.374 e. The summed E-state index contributed by atoms with van der Waals surface area (Å²) in [5, 5.41) is 17.6. The summed E-state index contributed by atoms with van der Waals surface area (Å²) in [5.74, 6) is 0.701. The van der Waals surface area contributed by atoms with Gasteiger partial charge in [-0.1, -0.05) is 17.7 Å². The van der Waals surface area contributed by atoms with Crippen LogP contribution in [0.1, 0.15) is 24.1 Å². The summed E-state index contributed by atoms with van der Waals surface area (Å²) in [7, 11) is 0. The van der Waals surface area contributed by atoms with Crippen molar-refractivity contribution in [1.29, 1.82) is 5.26 Å². The lowest BCUT2D eigenvalue weighted by Gasteiger charge is -2.14. The standard InChI is InChI=1S/C20H21ClN6O/c21-16-4-3-5-17(10-16)24-19-11-18(14-28-9-8-26-6-1-2-7-26)25-20-15(12-22)13-23-27(19)20/h3-5,10-11,13,24H,1-2,6-9,14H2. The van der Waals surface area contributed by atoms with E-state index in [9.17, 15) is 5.26 Å². The number of aromatic nitrogens is 3. The van der Waals surface area contributed by atoms with E-state index in [2.05, 4.69) is 26.4 Å². The zero-order valence-corrected chi connectivity index (χ0v) is 16.2. The first-order valence-corrected chi connectivity index (χ1v) is 9.71. The summed E-state index contributed by atoms with van der Waals surface area (Å²) in [6.07, 6.45) is 4.06. The summed E-state index contributed by atoms with van der Waals surface area (Å²) in [6, 6.07) is 11.5. The van der Waals surface area contributed by atoms with Crippen LogP contribution in [0.4, 0.5) is 11.5 Å². The van der Waals surface area contributed by atoms with Gasteiger partial charge in [-0.15, -0.1) is 0 Å². The summed E-state index contributed by atoms with van der Waals surface area (Å²) in [5.41, 5.74) is 2.51. The molecule has 0 bridgehead atoms. The Kier molecular flexibility index (Phi) is 5.72. The Morgan fingerprint density at radius 2 is 2.11 bits per heavy atom. The van der Waals surface area contributed by atoms with Gasteiger partial charge in [0.05, 0.1) is 25.1 Å². The number of nitrogens with zero attached hydrogens (tertiary/aromatic N) is 5. The predicted octanol–water partition coefficient (Wildman–Crippen LogP) is 3.61. The van der Waals surface area contributed by atoms with Crippen molar-refractivity contribution in [3.63, 3.8) is 0 Å². The molecule has 8 heteroatoms. The number of likely N-dealkylation sites (tertiary alicyclic amines) is 1. The van der Waals surface area contributed by atoms with Gasteiger partial charge in [0.15, 0.2) is 5.65 Å². The van der Waals surface area contributed by atoms with E-state index in [1.165, 1.54) is 19.0 Å². The molecule has 4 rings (SSSR count). The van der Waals surface area contributed by atoms with Crippen molar-refractivity contribution in [3.05, 3.63) is 52.8 Å². The highest BCUT2D eigenvalue weighted by Gasteiger charge is 2.13. The smallest absolute Gasteiger partial charge is 0.175 e. The molecule has 1 aliphatic heterocycles. The van der Waals surface area contributed by atoms with Gasteiger partial charge in [0, 0.05) is 23.3 Å². The number of ether oxygens (including phenoxy) is 1. The minimum Gasteiger partial charge on any atom is -0.374 e. The van der Waals surface area contributed by atoms with Gasteiger partial charge in [-0.25, -0.2) is 4.98 Å². The number of hydrogen-bond acceptors (Lipinski definition) is 6. The van der Waals surface area contributed by atoms with Gasteiger partial charge in [-0.2, -0.15) is 14.9 Å². The quantitative estimate of drug-likeness (QED) is 0.614. The Morgan fingerprint density at radius 3 is 2.89 bits per heavy atom. The number of benzene rings is 1. The molecule has 0 spiro atoms. The number of hydrogen-bond donors (Lipinski definition) is 1. The molecule has 1 N–H and O–H groups in total. The van der Waals surface area contributed by atoms with Gasteiger partial charge in [0.25, 0.3) is 0 Å². The molecule has 1 aliphatic rings. The van der Waals surface area contributed by atoms with Crippen LogP contribution in [0.5, 0.6) is 0 Å². The molecule has 0 unspecified atom stereocenters. The summed E-state index contributed by atoms with van der Waals surface area (Å²) >= 11 is 6.08. The van der Waals surface area contributed by atoms with Crippen LogP contribution in [0, 0.1) is 11.3 Å². The van der Waals surface area contributed by atoms with Gasteiger partial charge in [0.1, 0.15) is 17.5 Å². The third kappa shape index (κ3) is 4.25. The molecule has 0 radical (unpaired) electrons. The van der Waals surface area contributed by atoms with E-state index in [-0.39, 0.29) is 0 Å². The average molecular weight is 397 g/mol. The van der Waals surface area contributed by atoms with Crippen molar-refractivity contribution in [1.82, 2.24) is 19.5 Å². The number of nitriles is 1. The molecule has 3 heterocycles. The van der Waals surface area contributed by atoms with Crippen LogP contribution in [0.15, 0.2) is 36.5 Å². The number of fused-ring (bicyclic) bond motifs is 1. The van der Waals surface area contributed by atoms with Crippen molar-refractivity contribution in [2.45, 2.75) is 19.4 Å². The third-order valence-electron chi connectivity index (χ3n) is 4.74. The van der Waals surface area contributed by atoms with Crippen LogP contribution in [0.3, 0.4) is 0 Å². The molecule has 0 amide bonds. The van der Waals surface area contributed by atoms with Gasteiger partial charge >= 0.3 is 0 Å². The second-order valence-corrected chi connectivity index (χ2v) is 7.21. The Bertz CT molecular complexity index is 1010. The second-order valence-electron chi connectivity index (χ2n) is 6.77. The zero-order valence-electron chi connectivity index (χ0n) is 15.4. The zero-order chi connectivity index (χ0) is 19.3. The van der Waals surface area contributed by atoms with E-state index in [0.717, 1.165) is 31.0 Å². The van der Waals surface area contributed by atoms with Crippen molar-refractivity contribution >= 4 is 28.8 Å². The number of rotatable bonds is 7. The lowest BCUT2D eigenvalue weighted by molar-refractivity contribution is 0.0972. The fourth-order valence-electron chi connectivity index (χ4n) is 3.35. The molecule has 7 nitrogen and oxygen atoms in total. The van der Waals surface area contributed by atoms with Crippen LogP contribution in [0.25, 0.3) is 5.65 Å². The Hall–Kier alpha value is -2.66. The molecule has 28 heavy (non-hydrogen) atoms. The highest BCUT2D eigenvalue weighted by molar-refractivity contribution is 6.30. The second kappa shape index (κ2) is 8.57. The first-order valence-electron chi connectivity index (χ1n) is 9.33. The Morgan fingerprint density at radius 1 is 1.25 bits per heavy atom. The molecule has 1 aromatic carbocycles. The van der Waals surface area contributed by atoms with Gasteiger partial charge in [-0.3, -0.25) is 0 Å². The monoisotopic (exact) mass is 396 g/mol. The van der Waals surface area contributed by atoms with Crippen LogP contribution < -0.4 is 5.32 Å².